The highest BCUT2D eigenvalue weighted by molar-refractivity contribution is 5.34. The summed E-state index contributed by atoms with van der Waals surface area (Å²) in [4.78, 5) is 0. The van der Waals surface area contributed by atoms with Crippen molar-refractivity contribution < 1.29 is 13.2 Å². The molecule has 2 rings (SSSR count). The molecule has 0 bridgehead atoms. The first-order chi connectivity index (χ1) is 9.91. The highest BCUT2D eigenvalue weighted by atomic mass is 19.4. The zero-order valence-corrected chi connectivity index (χ0v) is 11.8. The molecule has 1 unspecified atom stereocenters. The predicted molar refractivity (Wildman–Crippen MR) is 78.1 cm³/mol. The summed E-state index contributed by atoms with van der Waals surface area (Å²) < 4.78 is 38.0. The second-order valence-electron chi connectivity index (χ2n) is 5.19. The van der Waals surface area contributed by atoms with Crippen LogP contribution in [0.2, 0.25) is 0 Å². The number of hydrogen-bond donors (Lipinski definition) is 1. The van der Waals surface area contributed by atoms with E-state index in [1.807, 2.05) is 30.3 Å². The second-order valence-corrected chi connectivity index (χ2v) is 5.19. The van der Waals surface area contributed by atoms with Crippen molar-refractivity contribution in [3.05, 3.63) is 70.8 Å². The maximum Gasteiger partial charge on any atom is 0.416 e. The lowest BCUT2D eigenvalue weighted by molar-refractivity contribution is -0.137. The Kier molecular flexibility index (Phi) is 4.68. The number of rotatable bonds is 4. The summed E-state index contributed by atoms with van der Waals surface area (Å²) in [7, 11) is 0. The molecule has 0 aliphatic heterocycles. The molecule has 112 valence electrons. The van der Waals surface area contributed by atoms with Crippen molar-refractivity contribution in [3.63, 3.8) is 0 Å². The van der Waals surface area contributed by atoms with Crippen molar-refractivity contribution in [2.75, 3.05) is 6.54 Å². The molecule has 2 aromatic rings. The van der Waals surface area contributed by atoms with Crippen LogP contribution in [0.3, 0.4) is 0 Å². The molecule has 0 saturated heterocycles. The predicted octanol–water partition coefficient (Wildman–Crippen LogP) is 4.30. The van der Waals surface area contributed by atoms with Crippen LogP contribution in [-0.4, -0.2) is 6.54 Å². The van der Waals surface area contributed by atoms with Crippen molar-refractivity contribution in [2.45, 2.75) is 25.4 Å². The summed E-state index contributed by atoms with van der Waals surface area (Å²) in [6, 6.07) is 13.7. The van der Waals surface area contributed by atoms with Crippen LogP contribution in [-0.2, 0) is 12.6 Å². The first kappa shape index (κ1) is 15.6. The Morgan fingerprint density at radius 2 is 1.71 bits per heavy atom. The van der Waals surface area contributed by atoms with Crippen LogP contribution < -0.4 is 5.73 Å². The number of aryl methyl sites for hydroxylation is 1. The van der Waals surface area contributed by atoms with Crippen LogP contribution in [0.1, 0.15) is 28.2 Å². The van der Waals surface area contributed by atoms with E-state index in [4.69, 9.17) is 5.73 Å². The third-order valence-electron chi connectivity index (χ3n) is 3.69. The summed E-state index contributed by atoms with van der Waals surface area (Å²) in [6.07, 6.45) is -3.65. The van der Waals surface area contributed by atoms with Gasteiger partial charge in [0.2, 0.25) is 0 Å². The van der Waals surface area contributed by atoms with Crippen LogP contribution in [0.25, 0.3) is 0 Å². The average molecular weight is 293 g/mol. The van der Waals surface area contributed by atoms with Gasteiger partial charge >= 0.3 is 6.18 Å². The first-order valence-corrected chi connectivity index (χ1v) is 6.83. The van der Waals surface area contributed by atoms with Crippen LogP contribution in [0.4, 0.5) is 13.2 Å². The Hall–Kier alpha value is -1.81. The van der Waals surface area contributed by atoms with Gasteiger partial charge in [0.25, 0.3) is 0 Å². The highest BCUT2D eigenvalue weighted by Crippen LogP contribution is 2.31. The number of nitrogens with two attached hydrogens (primary N) is 1. The smallest absolute Gasteiger partial charge is 0.330 e. The minimum absolute atomic E-state index is 0.113. The molecule has 0 saturated carbocycles. The second kappa shape index (κ2) is 6.31. The fraction of sp³-hybridized carbons (Fsp3) is 0.294. The largest absolute Gasteiger partial charge is 0.416 e. The van der Waals surface area contributed by atoms with E-state index >= 15 is 0 Å². The van der Waals surface area contributed by atoms with Gasteiger partial charge in [0.05, 0.1) is 5.56 Å². The van der Waals surface area contributed by atoms with Crippen LogP contribution in [0, 0.1) is 6.92 Å². The molecule has 0 aliphatic rings. The molecule has 0 spiro atoms. The minimum atomic E-state index is -4.30. The van der Waals surface area contributed by atoms with Gasteiger partial charge in [-0.1, -0.05) is 36.4 Å². The Morgan fingerprint density at radius 1 is 1.05 bits per heavy atom. The normalized spacial score (nSPS) is 13.2. The van der Waals surface area contributed by atoms with E-state index in [-0.39, 0.29) is 5.92 Å². The summed E-state index contributed by atoms with van der Waals surface area (Å²) in [5.41, 5.74) is 7.89. The van der Waals surface area contributed by atoms with Crippen molar-refractivity contribution in [1.82, 2.24) is 0 Å². The maximum absolute atomic E-state index is 12.7. The Bertz CT molecular complexity index is 591. The average Bonchev–Trinajstić information content (AvgIpc) is 2.46. The van der Waals surface area contributed by atoms with Gasteiger partial charge in [-0.2, -0.15) is 13.2 Å². The van der Waals surface area contributed by atoms with E-state index < -0.39 is 11.7 Å². The van der Waals surface area contributed by atoms with Gasteiger partial charge in [-0.15, -0.1) is 0 Å². The Morgan fingerprint density at radius 3 is 2.24 bits per heavy atom. The molecule has 4 heteroatoms. The zero-order valence-electron chi connectivity index (χ0n) is 11.8. The van der Waals surface area contributed by atoms with E-state index in [1.54, 1.807) is 13.0 Å². The van der Waals surface area contributed by atoms with Crippen molar-refractivity contribution in [2.24, 2.45) is 5.73 Å². The van der Waals surface area contributed by atoms with Gasteiger partial charge in [0.15, 0.2) is 0 Å². The summed E-state index contributed by atoms with van der Waals surface area (Å²) >= 11 is 0. The van der Waals surface area contributed by atoms with E-state index in [0.29, 0.717) is 18.5 Å². The summed E-state index contributed by atoms with van der Waals surface area (Å²) in [6.45, 7) is 2.17. The number of alkyl halides is 3. The molecular formula is C17H18F3N. The van der Waals surface area contributed by atoms with Crippen molar-refractivity contribution >= 4 is 0 Å². The number of hydrogen-bond acceptors (Lipinski definition) is 1. The van der Waals surface area contributed by atoms with Crippen LogP contribution >= 0.6 is 0 Å². The molecule has 2 N–H and O–H groups in total. The summed E-state index contributed by atoms with van der Waals surface area (Å²) in [5.74, 6) is 0.113. The van der Waals surface area contributed by atoms with Gasteiger partial charge in [-0.3, -0.25) is 0 Å². The SMILES string of the molecule is Cc1cc(C(F)(F)F)ccc1CC(CN)c1ccccc1. The highest BCUT2D eigenvalue weighted by Gasteiger charge is 2.30. The van der Waals surface area contributed by atoms with E-state index in [1.165, 1.54) is 6.07 Å². The Labute approximate surface area is 122 Å². The Balaban J connectivity index is 2.23. The molecule has 0 amide bonds. The van der Waals surface area contributed by atoms with Gasteiger partial charge in [0, 0.05) is 5.92 Å². The van der Waals surface area contributed by atoms with E-state index in [9.17, 15) is 13.2 Å². The zero-order chi connectivity index (χ0) is 15.5. The van der Waals surface area contributed by atoms with Crippen LogP contribution in [0.5, 0.6) is 0 Å². The number of halogens is 3. The molecule has 2 aromatic carbocycles. The third kappa shape index (κ3) is 3.85. The minimum Gasteiger partial charge on any atom is -0.330 e. The lowest BCUT2D eigenvalue weighted by Crippen LogP contribution is -2.16. The monoisotopic (exact) mass is 293 g/mol. The third-order valence-corrected chi connectivity index (χ3v) is 3.69. The fourth-order valence-corrected chi connectivity index (χ4v) is 2.43. The van der Waals surface area contributed by atoms with E-state index in [0.717, 1.165) is 17.2 Å². The molecule has 1 atom stereocenters. The fourth-order valence-electron chi connectivity index (χ4n) is 2.43. The molecule has 1 nitrogen and oxygen atoms in total. The van der Waals surface area contributed by atoms with Crippen molar-refractivity contribution in [3.8, 4) is 0 Å². The van der Waals surface area contributed by atoms with Crippen LogP contribution in [0.15, 0.2) is 48.5 Å². The molecule has 0 aliphatic carbocycles. The van der Waals surface area contributed by atoms with Crippen molar-refractivity contribution in [1.29, 1.82) is 0 Å². The van der Waals surface area contributed by atoms with Gasteiger partial charge in [0.1, 0.15) is 0 Å². The maximum atomic E-state index is 12.7. The lowest BCUT2D eigenvalue weighted by Gasteiger charge is -2.18. The molecule has 0 radical (unpaired) electrons. The van der Waals surface area contributed by atoms with E-state index in [2.05, 4.69) is 0 Å². The lowest BCUT2D eigenvalue weighted by atomic mass is 9.90. The standard InChI is InChI=1S/C17H18F3N/c1-12-9-16(17(18,19)20)8-7-14(12)10-15(11-21)13-5-3-2-4-6-13/h2-9,15H,10-11,21H2,1H3. The molecule has 0 aromatic heterocycles. The van der Waals surface area contributed by atoms with Gasteiger partial charge in [-0.25, -0.2) is 0 Å². The number of benzene rings is 2. The summed E-state index contributed by atoms with van der Waals surface area (Å²) in [5, 5.41) is 0. The van der Waals surface area contributed by atoms with Gasteiger partial charge < -0.3 is 5.73 Å². The topological polar surface area (TPSA) is 26.0 Å². The molecular weight excluding hydrogens is 275 g/mol. The molecule has 0 heterocycles. The first-order valence-electron chi connectivity index (χ1n) is 6.83. The molecule has 21 heavy (non-hydrogen) atoms. The van der Waals surface area contributed by atoms with Gasteiger partial charge in [-0.05, 0) is 48.7 Å². The quantitative estimate of drug-likeness (QED) is 0.893. The molecule has 0 fully saturated rings.